The van der Waals surface area contributed by atoms with Crippen molar-refractivity contribution in [1.82, 2.24) is 5.32 Å². The van der Waals surface area contributed by atoms with E-state index in [0.717, 1.165) is 25.0 Å². The van der Waals surface area contributed by atoms with Crippen molar-refractivity contribution in [2.24, 2.45) is 0 Å². The molecule has 20 heavy (non-hydrogen) atoms. The summed E-state index contributed by atoms with van der Waals surface area (Å²) < 4.78 is 26.7. The second-order valence-corrected chi connectivity index (χ2v) is 4.80. The summed E-state index contributed by atoms with van der Waals surface area (Å²) in [6, 6.07) is 2.55. The summed E-state index contributed by atoms with van der Waals surface area (Å²) in [5.41, 5.74) is -1.60. The summed E-state index contributed by atoms with van der Waals surface area (Å²) >= 11 is 0. The lowest BCUT2D eigenvalue weighted by atomic mass is 9.91. The van der Waals surface area contributed by atoms with E-state index in [1.54, 1.807) is 6.08 Å². The zero-order valence-electron chi connectivity index (χ0n) is 10.8. The van der Waals surface area contributed by atoms with Crippen molar-refractivity contribution in [3.8, 4) is 0 Å². The molecule has 0 saturated heterocycles. The molecule has 0 bridgehead atoms. The molecule has 0 spiro atoms. The van der Waals surface area contributed by atoms with Gasteiger partial charge in [-0.25, -0.2) is 13.6 Å². The smallest absolute Gasteiger partial charge is 0.319 e. The van der Waals surface area contributed by atoms with Gasteiger partial charge in [0.2, 0.25) is 0 Å². The molecular formula is C14H16F2N2O2. The van der Waals surface area contributed by atoms with Crippen LogP contribution in [-0.4, -0.2) is 23.3 Å². The molecule has 1 atom stereocenters. The lowest BCUT2D eigenvalue weighted by molar-refractivity contribution is 0.0768. The Kier molecular flexibility index (Phi) is 4.34. The van der Waals surface area contributed by atoms with Crippen LogP contribution in [0.2, 0.25) is 0 Å². The molecule has 1 aliphatic rings. The highest BCUT2D eigenvalue weighted by Crippen LogP contribution is 2.21. The van der Waals surface area contributed by atoms with Gasteiger partial charge in [0.1, 0.15) is 22.9 Å². The Labute approximate surface area is 115 Å². The molecule has 0 fully saturated rings. The number of amides is 2. The molecule has 0 saturated carbocycles. The first kappa shape index (κ1) is 14.5. The van der Waals surface area contributed by atoms with Crippen molar-refractivity contribution in [2.45, 2.75) is 24.9 Å². The van der Waals surface area contributed by atoms with Crippen molar-refractivity contribution in [2.75, 3.05) is 11.9 Å². The second-order valence-electron chi connectivity index (χ2n) is 4.80. The van der Waals surface area contributed by atoms with Crippen molar-refractivity contribution in [3.05, 3.63) is 42.0 Å². The predicted molar refractivity (Wildman–Crippen MR) is 71.3 cm³/mol. The Hall–Kier alpha value is -1.95. The maximum absolute atomic E-state index is 13.3. The molecular weight excluding hydrogens is 266 g/mol. The third-order valence-electron chi connectivity index (χ3n) is 3.16. The summed E-state index contributed by atoms with van der Waals surface area (Å²) in [5.74, 6) is -1.70. The molecule has 6 heteroatoms. The van der Waals surface area contributed by atoms with Gasteiger partial charge in [-0.3, -0.25) is 0 Å². The molecule has 108 valence electrons. The van der Waals surface area contributed by atoms with Gasteiger partial charge in [0.15, 0.2) is 0 Å². The van der Waals surface area contributed by atoms with E-state index in [4.69, 9.17) is 0 Å². The van der Waals surface area contributed by atoms with Crippen LogP contribution in [0.5, 0.6) is 0 Å². The number of benzene rings is 1. The summed E-state index contributed by atoms with van der Waals surface area (Å²) in [6.45, 7) is -0.00853. The van der Waals surface area contributed by atoms with Gasteiger partial charge >= 0.3 is 6.03 Å². The number of halogens is 2. The normalized spacial score (nSPS) is 21.6. The molecule has 1 aliphatic carbocycles. The molecule has 2 amide bonds. The van der Waals surface area contributed by atoms with Crippen LogP contribution in [0.3, 0.4) is 0 Å². The molecule has 0 unspecified atom stereocenters. The minimum Gasteiger partial charge on any atom is -0.384 e. The topological polar surface area (TPSA) is 61.4 Å². The highest BCUT2D eigenvalue weighted by molar-refractivity contribution is 5.89. The maximum Gasteiger partial charge on any atom is 0.319 e. The summed E-state index contributed by atoms with van der Waals surface area (Å²) in [5, 5.41) is 14.6. The highest BCUT2D eigenvalue weighted by Gasteiger charge is 2.26. The largest absolute Gasteiger partial charge is 0.384 e. The number of allylic oxidation sites excluding steroid dienone is 1. The summed E-state index contributed by atoms with van der Waals surface area (Å²) in [7, 11) is 0. The lowest BCUT2D eigenvalue weighted by Crippen LogP contribution is -2.43. The Balaban J connectivity index is 1.93. The molecule has 0 radical (unpaired) electrons. The van der Waals surface area contributed by atoms with E-state index >= 15 is 0 Å². The Bertz CT molecular complexity index is 514. The maximum atomic E-state index is 13.3. The average molecular weight is 282 g/mol. The Morgan fingerprint density at radius 2 is 2.05 bits per heavy atom. The third-order valence-corrected chi connectivity index (χ3v) is 3.16. The van der Waals surface area contributed by atoms with E-state index in [2.05, 4.69) is 10.6 Å². The summed E-state index contributed by atoms with van der Waals surface area (Å²) in [6.07, 6.45) is 5.76. The van der Waals surface area contributed by atoms with Crippen molar-refractivity contribution >= 4 is 11.7 Å². The van der Waals surface area contributed by atoms with Gasteiger partial charge in [-0.2, -0.15) is 0 Å². The van der Waals surface area contributed by atoms with Crippen molar-refractivity contribution < 1.29 is 18.7 Å². The van der Waals surface area contributed by atoms with Gasteiger partial charge in [0.05, 0.1) is 6.54 Å². The number of hydrogen-bond acceptors (Lipinski definition) is 2. The van der Waals surface area contributed by atoms with Gasteiger partial charge in [-0.05, 0) is 31.4 Å². The fourth-order valence-electron chi connectivity index (χ4n) is 2.07. The predicted octanol–water partition coefficient (Wildman–Crippen LogP) is 2.56. The highest BCUT2D eigenvalue weighted by atomic mass is 19.1. The van der Waals surface area contributed by atoms with Crippen LogP contribution in [0.1, 0.15) is 19.3 Å². The third kappa shape index (κ3) is 3.54. The van der Waals surface area contributed by atoms with Gasteiger partial charge in [0.25, 0.3) is 0 Å². The minimum absolute atomic E-state index is 0.00853. The first-order valence-electron chi connectivity index (χ1n) is 6.39. The number of nitrogens with one attached hydrogen (secondary N) is 2. The first-order valence-corrected chi connectivity index (χ1v) is 6.39. The quantitative estimate of drug-likeness (QED) is 0.746. The standard InChI is InChI=1S/C14H16F2N2O2/c15-10-5-4-6-11(16)12(10)18-13(19)17-9-14(20)7-2-1-3-8-14/h2,4-7,20H,1,3,8-9H2,(H2,17,18,19)/t14-/m0/s1. The number of hydrogen-bond donors (Lipinski definition) is 3. The molecule has 2 rings (SSSR count). The summed E-state index contributed by atoms with van der Waals surface area (Å²) in [4.78, 5) is 11.6. The number of urea groups is 1. The number of rotatable bonds is 3. The Morgan fingerprint density at radius 1 is 1.35 bits per heavy atom. The fourth-order valence-corrected chi connectivity index (χ4v) is 2.07. The number of carbonyl (C=O) groups excluding carboxylic acids is 1. The average Bonchev–Trinajstić information content (AvgIpc) is 2.42. The van der Waals surface area contributed by atoms with Crippen molar-refractivity contribution in [3.63, 3.8) is 0 Å². The van der Waals surface area contributed by atoms with Crippen LogP contribution < -0.4 is 10.6 Å². The van der Waals surface area contributed by atoms with Crippen LogP contribution in [-0.2, 0) is 0 Å². The van der Waals surface area contributed by atoms with Crippen LogP contribution >= 0.6 is 0 Å². The van der Waals surface area contributed by atoms with Gasteiger partial charge in [-0.15, -0.1) is 0 Å². The monoisotopic (exact) mass is 282 g/mol. The fraction of sp³-hybridized carbons (Fsp3) is 0.357. The minimum atomic E-state index is -1.09. The van der Waals surface area contributed by atoms with Crippen molar-refractivity contribution in [1.29, 1.82) is 0 Å². The second kappa shape index (κ2) is 6.00. The molecule has 0 heterocycles. The Morgan fingerprint density at radius 3 is 2.65 bits per heavy atom. The lowest BCUT2D eigenvalue weighted by Gasteiger charge is -2.27. The zero-order valence-corrected chi connectivity index (χ0v) is 10.8. The van der Waals surface area contributed by atoms with E-state index in [1.165, 1.54) is 6.07 Å². The molecule has 4 nitrogen and oxygen atoms in total. The molecule has 3 N–H and O–H groups in total. The van der Waals surface area contributed by atoms with Gasteiger partial charge < -0.3 is 15.7 Å². The van der Waals surface area contributed by atoms with E-state index < -0.39 is 29.0 Å². The molecule has 0 aromatic heterocycles. The van der Waals surface area contributed by atoms with Crippen LogP contribution in [0, 0.1) is 11.6 Å². The number of para-hydroxylation sites is 1. The number of anilines is 1. The number of aliphatic hydroxyl groups is 1. The van der Waals surface area contributed by atoms with E-state index in [0.29, 0.717) is 6.42 Å². The zero-order chi connectivity index (χ0) is 14.6. The first-order chi connectivity index (χ1) is 9.50. The van der Waals surface area contributed by atoms with E-state index in [-0.39, 0.29) is 6.54 Å². The SMILES string of the molecule is O=C(NC[C@]1(O)C=CCCC1)Nc1c(F)cccc1F. The van der Waals surface area contributed by atoms with Crippen LogP contribution in [0.15, 0.2) is 30.4 Å². The number of carbonyl (C=O) groups is 1. The van der Waals surface area contributed by atoms with E-state index in [1.807, 2.05) is 6.08 Å². The van der Waals surface area contributed by atoms with Gasteiger partial charge in [0, 0.05) is 0 Å². The van der Waals surface area contributed by atoms with Crippen LogP contribution in [0.25, 0.3) is 0 Å². The molecule has 0 aliphatic heterocycles. The van der Waals surface area contributed by atoms with Gasteiger partial charge in [-0.1, -0.05) is 18.2 Å². The molecule has 1 aromatic carbocycles. The van der Waals surface area contributed by atoms with Crippen LogP contribution in [0.4, 0.5) is 19.3 Å². The van der Waals surface area contributed by atoms with E-state index in [9.17, 15) is 18.7 Å². The molecule has 1 aromatic rings.